The first-order valence-electron chi connectivity index (χ1n) is 7.26. The molecule has 2 unspecified atom stereocenters. The van der Waals surface area contributed by atoms with E-state index in [9.17, 15) is 27.9 Å². The minimum atomic E-state index is -5.86. The van der Waals surface area contributed by atoms with E-state index in [0.717, 1.165) is 0 Å². The molecule has 1 rings (SSSR count). The predicted molar refractivity (Wildman–Crippen MR) is 90.6 cm³/mol. The zero-order valence-electron chi connectivity index (χ0n) is 14.7. The van der Waals surface area contributed by atoms with Gasteiger partial charge in [0.1, 0.15) is 36.6 Å². The summed E-state index contributed by atoms with van der Waals surface area (Å²) in [6.45, 7) is 0. The van der Waals surface area contributed by atoms with Crippen LogP contribution in [0.1, 0.15) is 0 Å². The molecule has 1 aliphatic rings. The van der Waals surface area contributed by atoms with Gasteiger partial charge in [0.05, 0.1) is 0 Å². The van der Waals surface area contributed by atoms with Crippen LogP contribution in [0.3, 0.4) is 0 Å². The largest absolute Gasteiger partial charge is 0.470 e. The Labute approximate surface area is 176 Å². The third-order valence-corrected chi connectivity index (χ3v) is 5.85. The van der Waals surface area contributed by atoms with E-state index < -0.39 is 75.7 Å². The van der Waals surface area contributed by atoms with Crippen LogP contribution >= 0.6 is 39.1 Å². The van der Waals surface area contributed by atoms with Crippen LogP contribution in [-0.4, -0.2) is 90.7 Å². The lowest BCUT2D eigenvalue weighted by atomic mass is 9.85. The normalized spacial score (nSPS) is 31.0. The summed E-state index contributed by atoms with van der Waals surface area (Å²) >= 11 is 0. The van der Waals surface area contributed by atoms with E-state index in [2.05, 4.69) is 22.6 Å². The van der Waals surface area contributed by atoms with Gasteiger partial charge in [-0.1, -0.05) is 0 Å². The molecule has 0 bridgehead atoms. The van der Waals surface area contributed by atoms with Crippen molar-refractivity contribution in [2.24, 2.45) is 0 Å². The minimum absolute atomic E-state index is 2.85. The maximum Gasteiger partial charge on any atom is 0.470 e. The molecule has 6 atom stereocenters. The van der Waals surface area contributed by atoms with Crippen LogP contribution in [0.4, 0.5) is 0 Å². The Morgan fingerprint density at radius 2 is 0.531 bits per heavy atom. The molecule has 26 heteroatoms. The number of hydrogen-bond donors (Lipinski definition) is 11. The molecule has 1 aliphatic carbocycles. The van der Waals surface area contributed by atoms with Crippen LogP contribution in [0.2, 0.25) is 0 Å². The molecule has 0 saturated heterocycles. The van der Waals surface area contributed by atoms with Crippen LogP contribution in [0, 0.1) is 0 Å². The van der Waals surface area contributed by atoms with Gasteiger partial charge in [-0.3, -0.25) is 22.6 Å². The number of phosphoric acid groups is 5. The molecule has 0 aromatic rings. The summed E-state index contributed by atoms with van der Waals surface area (Å²) in [6.07, 6.45) is -17.4. The Morgan fingerprint density at radius 3 is 0.719 bits per heavy atom. The van der Waals surface area contributed by atoms with Gasteiger partial charge in [0.2, 0.25) is 0 Å². The number of aliphatic hydroxyl groups excluding tert-OH is 1. The van der Waals surface area contributed by atoms with E-state index in [1.807, 2.05) is 0 Å². The third kappa shape index (κ3) is 10.8. The second kappa shape index (κ2) is 10.2. The quantitative estimate of drug-likeness (QED) is 0.113. The molecule has 1 saturated carbocycles. The van der Waals surface area contributed by atoms with E-state index in [1.54, 1.807) is 0 Å². The van der Waals surface area contributed by atoms with Gasteiger partial charge in [-0.2, -0.15) is 0 Å². The highest BCUT2D eigenvalue weighted by Crippen LogP contribution is 2.54. The molecule has 21 nitrogen and oxygen atoms in total. The topological polar surface area (TPSA) is 354 Å². The minimum Gasteiger partial charge on any atom is -0.387 e. The van der Waals surface area contributed by atoms with E-state index in [-0.39, 0.29) is 0 Å². The van der Waals surface area contributed by atoms with Gasteiger partial charge in [0.25, 0.3) is 0 Å². The lowest BCUT2D eigenvalue weighted by Crippen LogP contribution is -2.66. The van der Waals surface area contributed by atoms with Gasteiger partial charge in [0.15, 0.2) is 0 Å². The number of phosphoric ester groups is 5. The summed E-state index contributed by atoms with van der Waals surface area (Å²) in [5.41, 5.74) is 0. The fourth-order valence-corrected chi connectivity index (χ4v) is 5.33. The molecule has 0 radical (unpaired) electrons. The Morgan fingerprint density at radius 1 is 0.375 bits per heavy atom. The molecular weight excluding hydrogens is 563 g/mol. The van der Waals surface area contributed by atoms with E-state index in [1.165, 1.54) is 0 Å². The number of hydrogen-bond acceptors (Lipinski definition) is 11. The van der Waals surface area contributed by atoms with Crippen LogP contribution < -0.4 is 0 Å². The maximum atomic E-state index is 11.3. The van der Waals surface area contributed by atoms with Gasteiger partial charge < -0.3 is 54.0 Å². The Bertz CT molecular complexity index is 824. The van der Waals surface area contributed by atoms with Gasteiger partial charge in [-0.05, 0) is 0 Å². The Hall–Kier alpha value is 0.510. The average Bonchev–Trinajstić information content (AvgIpc) is 2.45. The Balaban J connectivity index is 3.77. The summed E-state index contributed by atoms with van der Waals surface area (Å²) in [4.78, 5) is 90.1. The molecule has 0 spiro atoms. The summed E-state index contributed by atoms with van der Waals surface area (Å²) in [7, 11) is -29.1. The van der Waals surface area contributed by atoms with Crippen molar-refractivity contribution in [3.8, 4) is 0 Å². The van der Waals surface area contributed by atoms with Crippen molar-refractivity contribution in [3.05, 3.63) is 0 Å². The van der Waals surface area contributed by atoms with Crippen LogP contribution in [0.25, 0.3) is 0 Å². The van der Waals surface area contributed by atoms with Crippen molar-refractivity contribution in [2.75, 3.05) is 0 Å². The molecule has 11 N–H and O–H groups in total. The van der Waals surface area contributed by atoms with Crippen molar-refractivity contribution >= 4 is 39.1 Å². The predicted octanol–water partition coefficient (Wildman–Crippen LogP) is -3.25. The van der Waals surface area contributed by atoms with E-state index >= 15 is 0 Å². The van der Waals surface area contributed by atoms with Crippen molar-refractivity contribution < 1.29 is 99.5 Å². The van der Waals surface area contributed by atoms with Crippen LogP contribution in [0.5, 0.6) is 0 Å². The van der Waals surface area contributed by atoms with Crippen molar-refractivity contribution in [1.29, 1.82) is 0 Å². The first kappa shape index (κ1) is 30.5. The second-order valence-electron chi connectivity index (χ2n) is 5.79. The summed E-state index contributed by atoms with van der Waals surface area (Å²) < 4.78 is 76.6. The summed E-state index contributed by atoms with van der Waals surface area (Å²) in [5.74, 6) is 0. The molecule has 32 heavy (non-hydrogen) atoms. The maximum absolute atomic E-state index is 11.3. The van der Waals surface area contributed by atoms with Gasteiger partial charge in [0, 0.05) is 0 Å². The monoisotopic (exact) mass is 580 g/mol. The van der Waals surface area contributed by atoms with Gasteiger partial charge >= 0.3 is 39.1 Å². The fourth-order valence-electron chi connectivity index (χ4n) is 2.53. The molecule has 1 fully saturated rings. The highest BCUT2D eigenvalue weighted by atomic mass is 31.2. The second-order valence-corrected chi connectivity index (χ2v) is 11.8. The molecular formula is C6H17O21P5. The molecule has 192 valence electrons. The van der Waals surface area contributed by atoms with Crippen molar-refractivity contribution in [3.63, 3.8) is 0 Å². The fraction of sp³-hybridized carbons (Fsp3) is 1.00. The lowest BCUT2D eigenvalue weighted by Gasteiger charge is -2.47. The molecule has 0 aromatic carbocycles. The lowest BCUT2D eigenvalue weighted by molar-refractivity contribution is -0.205. The first-order valence-corrected chi connectivity index (χ1v) is 14.9. The summed E-state index contributed by atoms with van der Waals surface area (Å²) in [6, 6.07) is 0. The molecule has 0 aliphatic heterocycles. The van der Waals surface area contributed by atoms with Gasteiger partial charge in [-0.25, -0.2) is 22.8 Å². The van der Waals surface area contributed by atoms with Gasteiger partial charge in [-0.15, -0.1) is 0 Å². The average molecular weight is 580 g/mol. The first-order chi connectivity index (χ1) is 13.9. The number of aliphatic hydroxyl groups is 1. The highest BCUT2D eigenvalue weighted by Gasteiger charge is 2.60. The highest BCUT2D eigenvalue weighted by molar-refractivity contribution is 7.47. The molecule has 0 amide bonds. The third-order valence-electron chi connectivity index (χ3n) is 3.26. The standard InChI is InChI=1S/C6H17O21P5/c7-1-2(23-28(8,9)10)4(25-30(14,15)16)6(27-32(20,21)22)5(26-31(17,18)19)3(1)24-29(11,12)13/h1-7H,(H2,8,9,10)(H2,11,12,13)(H2,14,15,16)(H2,17,18,19)(H2,20,21,22)/t1?,2-,3-,4-,5+,6?/m0/s1. The van der Waals surface area contributed by atoms with Crippen molar-refractivity contribution in [1.82, 2.24) is 0 Å². The zero-order chi connectivity index (χ0) is 25.5. The van der Waals surface area contributed by atoms with E-state index in [4.69, 9.17) is 48.9 Å². The SMILES string of the molecule is O=P(O)(O)OC1[C@@H](OP(=O)(O)O)[C@@H](OP(=O)(O)O)C(O)[C@H](OP(=O)(O)O)[C@H]1OP(=O)(O)O. The zero-order valence-corrected chi connectivity index (χ0v) is 19.2. The smallest absolute Gasteiger partial charge is 0.387 e. The number of rotatable bonds is 10. The molecule has 0 aromatic heterocycles. The van der Waals surface area contributed by atoms with Crippen molar-refractivity contribution in [2.45, 2.75) is 36.6 Å². The van der Waals surface area contributed by atoms with E-state index in [0.29, 0.717) is 0 Å². The molecule has 0 heterocycles. The Kier molecular flexibility index (Phi) is 9.78. The van der Waals surface area contributed by atoms with Crippen LogP contribution in [0.15, 0.2) is 0 Å². The summed E-state index contributed by atoms with van der Waals surface area (Å²) in [5, 5.41) is 10.3. The van der Waals surface area contributed by atoms with Crippen LogP contribution in [-0.2, 0) is 45.4 Å².